The average Bonchev–Trinajstić information content (AvgIpc) is 4.07. The summed E-state index contributed by atoms with van der Waals surface area (Å²) < 4.78 is 60.9. The number of nitrogens with zero attached hydrogens (tertiary/aromatic N) is 4. The number of ether oxygens (including phenoxy) is 5. The number of carbonyl (C=O) groups is 1. The van der Waals surface area contributed by atoms with Gasteiger partial charge in [-0.25, -0.2) is 13.1 Å². The van der Waals surface area contributed by atoms with Crippen LogP contribution < -0.4 is 29.1 Å². The molecule has 19 heteroatoms. The maximum atomic E-state index is 14.5. The SMILES string of the molecule is CC(C)c1ccccc1[C@@H]1CCC[C@@H]1N1CC2(CCN(c3ccc(C(=O)NS(=O)(=O)c4cc5c(c([N+](=O)[O-])c4)N[C@@H]([C@H]4CC[C@](C)(O)CC4)CO5)c(Oc4cc5cc[nH]c5nc4OC[C@@H]4COCCO4)c3)CC2)C1. The van der Waals surface area contributed by atoms with Crippen LogP contribution >= 0.6 is 0 Å². The molecule has 4 aliphatic heterocycles. The molecule has 6 heterocycles. The second kappa shape index (κ2) is 20.3. The Morgan fingerprint density at radius 2 is 1.78 bits per heavy atom. The first-order chi connectivity index (χ1) is 35.6. The largest absolute Gasteiger partial charge is 0.489 e. The first-order valence-electron chi connectivity index (χ1n) is 26.3. The van der Waals surface area contributed by atoms with Gasteiger partial charge in [0.2, 0.25) is 0 Å². The van der Waals surface area contributed by atoms with Crippen LogP contribution in [0.5, 0.6) is 23.1 Å². The number of nitro benzene ring substituents is 1. The number of hydrogen-bond acceptors (Lipinski definition) is 15. The fourth-order valence-electron chi connectivity index (χ4n) is 12.4. The molecular weight excluding hydrogens is 967 g/mol. The van der Waals surface area contributed by atoms with Gasteiger partial charge in [-0.3, -0.25) is 19.8 Å². The number of aliphatic hydroxyl groups is 1. The summed E-state index contributed by atoms with van der Waals surface area (Å²) >= 11 is 0. The van der Waals surface area contributed by atoms with Gasteiger partial charge in [0.1, 0.15) is 30.7 Å². The van der Waals surface area contributed by atoms with E-state index in [1.807, 2.05) is 6.07 Å². The van der Waals surface area contributed by atoms with Crippen LogP contribution in [0.2, 0.25) is 0 Å². The Morgan fingerprint density at radius 1 is 0.986 bits per heavy atom. The van der Waals surface area contributed by atoms with Crippen molar-refractivity contribution in [2.45, 2.75) is 119 Å². The van der Waals surface area contributed by atoms with Crippen LogP contribution in [0.4, 0.5) is 17.1 Å². The Kier molecular flexibility index (Phi) is 13.7. The number of pyridine rings is 1. The number of fused-ring (bicyclic) bond motifs is 2. The Hall–Kier alpha value is -5.99. The van der Waals surface area contributed by atoms with Gasteiger partial charge < -0.3 is 44.0 Å². The number of amides is 1. The van der Waals surface area contributed by atoms with Crippen molar-refractivity contribution in [2.75, 3.05) is 69.4 Å². The summed E-state index contributed by atoms with van der Waals surface area (Å²) in [5.74, 6) is 0.448. The number of anilines is 2. The van der Waals surface area contributed by atoms with Crippen molar-refractivity contribution >= 4 is 44.0 Å². The Balaban J connectivity index is 0.843. The molecule has 74 heavy (non-hydrogen) atoms. The summed E-state index contributed by atoms with van der Waals surface area (Å²) in [6.07, 6.45) is 9.64. The minimum Gasteiger partial charge on any atom is -0.489 e. The van der Waals surface area contributed by atoms with E-state index in [0.717, 1.165) is 50.8 Å². The van der Waals surface area contributed by atoms with Crippen LogP contribution in [0.1, 0.15) is 112 Å². The van der Waals surface area contributed by atoms with Crippen LogP contribution in [-0.4, -0.2) is 122 Å². The molecule has 3 saturated heterocycles. The third-order valence-corrected chi connectivity index (χ3v) is 17.9. The number of rotatable bonds is 14. The number of sulfonamides is 1. The lowest BCUT2D eigenvalue weighted by molar-refractivity contribution is -0.384. The van der Waals surface area contributed by atoms with Gasteiger partial charge in [0.15, 0.2) is 17.2 Å². The summed E-state index contributed by atoms with van der Waals surface area (Å²) in [6, 6.07) is 20.1. The lowest BCUT2D eigenvalue weighted by Gasteiger charge is -2.57. The van der Waals surface area contributed by atoms with Gasteiger partial charge in [-0.15, -0.1) is 0 Å². The van der Waals surface area contributed by atoms with E-state index in [2.05, 4.69) is 62.9 Å². The van der Waals surface area contributed by atoms with Gasteiger partial charge in [-0.05, 0) is 117 Å². The number of aromatic nitrogens is 2. The highest BCUT2D eigenvalue weighted by Crippen LogP contribution is 2.50. The fraction of sp³-hybridized carbons (Fsp3) is 0.527. The lowest BCUT2D eigenvalue weighted by Crippen LogP contribution is -2.63. The normalized spacial score (nSPS) is 26.0. The van der Waals surface area contributed by atoms with Gasteiger partial charge in [-0.2, -0.15) is 4.98 Å². The van der Waals surface area contributed by atoms with Gasteiger partial charge in [0.05, 0.1) is 46.8 Å². The number of carbonyl (C=O) groups excluding carboxylic acids is 1. The Bertz CT molecular complexity index is 3000. The van der Waals surface area contributed by atoms with Crippen molar-refractivity contribution in [3.63, 3.8) is 0 Å². The average molecular weight is 1030 g/mol. The number of nitro groups is 1. The Morgan fingerprint density at radius 3 is 2.54 bits per heavy atom. The molecule has 2 saturated carbocycles. The van der Waals surface area contributed by atoms with Crippen molar-refractivity contribution in [1.29, 1.82) is 0 Å². The van der Waals surface area contributed by atoms with E-state index in [-0.39, 0.29) is 71.1 Å². The van der Waals surface area contributed by atoms with Crippen LogP contribution in [0.25, 0.3) is 11.0 Å². The zero-order chi connectivity index (χ0) is 51.4. The standard InChI is InChI=1S/C55H67N7O11S/c1-34(2)40-7-4-5-8-41(40)42-9-6-10-45(42)61-32-55(33-61)18-21-60(22-19-55)37-11-12-43(47(26-37)73-49-25-36-15-20-56-51(36)58-53(49)72-30-38-29-69-23-24-70-38)52(63)59-74(67,68)39-27-46(62(65)66)50-48(28-39)71-31-44(57-50)35-13-16-54(3,64)17-14-35/h4-5,7-8,11-12,15,20,25-28,34-35,38,42,44-45,57,64H,6,9-10,13-14,16-19,21-24,29-33H2,1-3H3,(H,56,58)(H,59,63)/t35-,38-,42-,44+,45-,54-/m0/s1. The number of H-pyrrole nitrogens is 1. The summed E-state index contributed by atoms with van der Waals surface area (Å²) in [7, 11) is -4.74. The van der Waals surface area contributed by atoms with Crippen molar-refractivity contribution < 1.29 is 46.9 Å². The smallest absolute Gasteiger partial charge is 0.297 e. The highest BCUT2D eigenvalue weighted by molar-refractivity contribution is 7.90. The van der Waals surface area contributed by atoms with E-state index in [0.29, 0.717) is 74.4 Å². The Labute approximate surface area is 431 Å². The molecule has 3 aromatic carbocycles. The third-order valence-electron chi connectivity index (χ3n) is 16.6. The minimum absolute atomic E-state index is 0.0158. The van der Waals surface area contributed by atoms with Crippen LogP contribution in [0.3, 0.4) is 0 Å². The van der Waals surface area contributed by atoms with E-state index in [1.54, 1.807) is 37.4 Å². The zero-order valence-electron chi connectivity index (χ0n) is 42.3. The molecule has 6 aliphatic rings. The quantitative estimate of drug-likeness (QED) is 0.0604. The van der Waals surface area contributed by atoms with Crippen molar-refractivity contribution in [3.05, 3.63) is 99.7 Å². The first-order valence-corrected chi connectivity index (χ1v) is 27.8. The molecule has 1 spiro atoms. The molecule has 5 aromatic rings. The minimum atomic E-state index is -4.74. The molecule has 4 atom stereocenters. The highest BCUT2D eigenvalue weighted by Gasteiger charge is 2.49. The number of benzene rings is 3. The molecule has 1 amide bonds. The molecule has 0 radical (unpaired) electrons. The van der Waals surface area contributed by atoms with Crippen LogP contribution in [0.15, 0.2) is 77.8 Å². The van der Waals surface area contributed by atoms with Gasteiger partial charge in [0.25, 0.3) is 27.5 Å². The number of likely N-dealkylation sites (tertiary alicyclic amines) is 1. The van der Waals surface area contributed by atoms with E-state index in [4.69, 9.17) is 28.7 Å². The van der Waals surface area contributed by atoms with Crippen molar-refractivity contribution in [1.82, 2.24) is 19.6 Å². The number of nitrogens with one attached hydrogen (secondary N) is 3. The fourth-order valence-corrected chi connectivity index (χ4v) is 13.4. The highest BCUT2D eigenvalue weighted by atomic mass is 32.2. The lowest BCUT2D eigenvalue weighted by atomic mass is 9.70. The maximum Gasteiger partial charge on any atom is 0.297 e. The number of piperidine rings is 1. The topological polar surface area (TPSA) is 220 Å². The van der Waals surface area contributed by atoms with Crippen LogP contribution in [-0.2, 0) is 19.5 Å². The molecule has 0 bridgehead atoms. The zero-order valence-corrected chi connectivity index (χ0v) is 43.2. The molecule has 5 fully saturated rings. The second-order valence-corrected chi connectivity index (χ2v) is 23.7. The number of hydrogen-bond donors (Lipinski definition) is 4. The molecule has 11 rings (SSSR count). The first kappa shape index (κ1) is 50.2. The van der Waals surface area contributed by atoms with E-state index >= 15 is 0 Å². The molecule has 2 aliphatic carbocycles. The summed E-state index contributed by atoms with van der Waals surface area (Å²) in [5, 5.41) is 27.0. The molecule has 0 unspecified atom stereocenters. The molecule has 4 N–H and O–H groups in total. The van der Waals surface area contributed by atoms with Gasteiger partial charge >= 0.3 is 0 Å². The maximum absolute atomic E-state index is 14.5. The second-order valence-electron chi connectivity index (χ2n) is 22.1. The van der Waals surface area contributed by atoms with E-state index < -0.39 is 37.0 Å². The molecule has 394 valence electrons. The third kappa shape index (κ3) is 10.2. The van der Waals surface area contributed by atoms with E-state index in [9.17, 15) is 28.4 Å². The van der Waals surface area contributed by atoms with Gasteiger partial charge in [-0.1, -0.05) is 44.5 Å². The summed E-state index contributed by atoms with van der Waals surface area (Å²) in [5.41, 5.74) is 3.24. The van der Waals surface area contributed by atoms with Crippen molar-refractivity contribution in [2.24, 2.45) is 11.3 Å². The predicted molar refractivity (Wildman–Crippen MR) is 278 cm³/mol. The monoisotopic (exact) mass is 1030 g/mol. The van der Waals surface area contributed by atoms with Gasteiger partial charge in [0, 0.05) is 67.7 Å². The summed E-state index contributed by atoms with van der Waals surface area (Å²) in [4.78, 5) is 38.6. The number of aromatic amines is 1. The van der Waals surface area contributed by atoms with Crippen LogP contribution in [0, 0.1) is 21.4 Å². The molecular formula is C55H67N7O11S. The summed E-state index contributed by atoms with van der Waals surface area (Å²) in [6.45, 7) is 11.6. The predicted octanol–water partition coefficient (Wildman–Crippen LogP) is 8.65. The van der Waals surface area contributed by atoms with Crippen molar-refractivity contribution in [3.8, 4) is 23.1 Å². The molecule has 18 nitrogen and oxygen atoms in total. The van der Waals surface area contributed by atoms with E-state index in [1.165, 1.54) is 36.5 Å². The molecule has 2 aromatic heterocycles.